The van der Waals surface area contributed by atoms with E-state index in [0.717, 1.165) is 28.7 Å². The lowest BCUT2D eigenvalue weighted by atomic mass is 10.1. The molecule has 0 bridgehead atoms. The third-order valence-electron chi connectivity index (χ3n) is 3.11. The van der Waals surface area contributed by atoms with Crippen molar-refractivity contribution < 1.29 is 0 Å². The van der Waals surface area contributed by atoms with Crippen molar-refractivity contribution in [3.63, 3.8) is 0 Å². The zero-order valence-corrected chi connectivity index (χ0v) is 10.5. The topological polar surface area (TPSA) is 30.9 Å². The number of nitrogens with zero attached hydrogens (tertiary/aromatic N) is 1. The van der Waals surface area contributed by atoms with Crippen LogP contribution in [0.2, 0.25) is 5.02 Å². The summed E-state index contributed by atoms with van der Waals surface area (Å²) in [6.07, 6.45) is 8.30. The quantitative estimate of drug-likeness (QED) is 0.825. The van der Waals surface area contributed by atoms with E-state index in [9.17, 15) is 0 Å². The average molecular weight is 237 g/mol. The van der Waals surface area contributed by atoms with Crippen LogP contribution < -0.4 is 16.3 Å². The van der Waals surface area contributed by atoms with Crippen LogP contribution in [0.4, 0.5) is 0 Å². The summed E-state index contributed by atoms with van der Waals surface area (Å²) in [7, 11) is 2.04. The van der Waals surface area contributed by atoms with Gasteiger partial charge >= 0.3 is 0 Å². The number of rotatable bonds is 2. The molecule has 0 aliphatic heterocycles. The highest BCUT2D eigenvalue weighted by molar-refractivity contribution is 6.30. The van der Waals surface area contributed by atoms with Crippen molar-refractivity contribution in [1.29, 1.82) is 0 Å². The molecule has 2 N–H and O–H groups in total. The Morgan fingerprint density at radius 1 is 1.50 bits per heavy atom. The number of hydrogen-bond donors (Lipinski definition) is 1. The molecule has 0 saturated carbocycles. The molecule has 1 aliphatic carbocycles. The summed E-state index contributed by atoms with van der Waals surface area (Å²) < 4.78 is 2.11. The van der Waals surface area contributed by atoms with E-state index >= 15 is 0 Å². The van der Waals surface area contributed by atoms with E-state index < -0.39 is 0 Å². The smallest absolute Gasteiger partial charge is 0.0661 e. The molecule has 0 fully saturated rings. The van der Waals surface area contributed by atoms with Crippen molar-refractivity contribution in [3.8, 4) is 0 Å². The van der Waals surface area contributed by atoms with Crippen molar-refractivity contribution in [3.05, 3.63) is 33.4 Å². The Balaban J connectivity index is 2.81. The summed E-state index contributed by atoms with van der Waals surface area (Å²) in [5.41, 5.74) is 8.30. The molecule has 0 radical (unpaired) electrons. The number of halogens is 1. The maximum absolute atomic E-state index is 6.25. The molecule has 1 heterocycles. The van der Waals surface area contributed by atoms with E-state index in [0.29, 0.717) is 6.54 Å². The minimum absolute atomic E-state index is 0.571. The number of fused-ring (bicyclic) bond motifs is 1. The average Bonchev–Trinajstić information content (AvgIpc) is 2.49. The van der Waals surface area contributed by atoms with Crippen molar-refractivity contribution in [2.75, 3.05) is 6.54 Å². The van der Waals surface area contributed by atoms with Gasteiger partial charge in [-0.3, -0.25) is 0 Å². The summed E-state index contributed by atoms with van der Waals surface area (Å²) >= 11 is 6.25. The van der Waals surface area contributed by atoms with Crippen LogP contribution >= 0.6 is 11.6 Å². The molecule has 0 spiro atoms. The predicted octanol–water partition coefficient (Wildman–Crippen LogP) is 1.31. The lowest BCUT2D eigenvalue weighted by Gasteiger charge is -2.01. The fraction of sp³-hybridized carbons (Fsp3) is 0.385. The minimum Gasteiger partial charge on any atom is -0.349 e. The second kappa shape index (κ2) is 4.48. The van der Waals surface area contributed by atoms with Crippen LogP contribution in [0.3, 0.4) is 0 Å². The number of aromatic nitrogens is 1. The number of aryl methyl sites for hydroxylation is 1. The standard InChI is InChI=1S/C13H17ClN2/c1-3-10-5-4-9(7-15)6-11-12(14)8-16(2)13(10)11/h4,6,8H,3,5,7,15H2,1-2H3. The Morgan fingerprint density at radius 3 is 2.88 bits per heavy atom. The molecule has 0 aromatic carbocycles. The normalized spacial score (nSPS) is 15.2. The van der Waals surface area contributed by atoms with Gasteiger partial charge in [0.15, 0.2) is 0 Å². The molecule has 1 aromatic heterocycles. The molecular formula is C13H17ClN2. The SMILES string of the molecule is CCC1=c2c(c(Cl)cn2C)=CC(CN)=CC1. The van der Waals surface area contributed by atoms with Gasteiger partial charge in [0.05, 0.1) is 5.02 Å². The first kappa shape index (κ1) is 11.5. The summed E-state index contributed by atoms with van der Waals surface area (Å²) in [6.45, 7) is 2.75. The van der Waals surface area contributed by atoms with Crippen LogP contribution in [0.15, 0.2) is 17.8 Å². The Morgan fingerprint density at radius 2 is 2.25 bits per heavy atom. The molecule has 0 atom stereocenters. The zero-order chi connectivity index (χ0) is 11.7. The largest absolute Gasteiger partial charge is 0.349 e. The van der Waals surface area contributed by atoms with E-state index in [1.165, 1.54) is 10.9 Å². The maximum atomic E-state index is 6.25. The first-order chi connectivity index (χ1) is 7.67. The van der Waals surface area contributed by atoms with Crippen LogP contribution in [-0.2, 0) is 7.05 Å². The summed E-state index contributed by atoms with van der Waals surface area (Å²) in [6, 6.07) is 0. The minimum atomic E-state index is 0.571. The lowest BCUT2D eigenvalue weighted by Crippen LogP contribution is -2.30. The van der Waals surface area contributed by atoms with Crippen LogP contribution in [0.25, 0.3) is 11.6 Å². The predicted molar refractivity (Wildman–Crippen MR) is 69.6 cm³/mol. The van der Waals surface area contributed by atoms with E-state index in [1.54, 1.807) is 0 Å². The fourth-order valence-corrected chi connectivity index (χ4v) is 2.52. The van der Waals surface area contributed by atoms with Crippen LogP contribution in [0.5, 0.6) is 0 Å². The maximum Gasteiger partial charge on any atom is 0.0661 e. The molecule has 2 nitrogen and oxygen atoms in total. The van der Waals surface area contributed by atoms with E-state index in [4.69, 9.17) is 17.3 Å². The van der Waals surface area contributed by atoms with E-state index in [1.807, 2.05) is 13.2 Å². The van der Waals surface area contributed by atoms with Gasteiger partial charge in [-0.25, -0.2) is 0 Å². The summed E-state index contributed by atoms with van der Waals surface area (Å²) in [5, 5.41) is 3.19. The Labute approximate surface area is 101 Å². The van der Waals surface area contributed by atoms with Gasteiger partial charge in [-0.1, -0.05) is 24.6 Å². The van der Waals surface area contributed by atoms with E-state index in [-0.39, 0.29) is 0 Å². The van der Waals surface area contributed by atoms with Gasteiger partial charge in [0.2, 0.25) is 0 Å². The Bertz CT molecular complexity index is 549. The number of allylic oxidation sites excluding steroid dienone is 1. The van der Waals surface area contributed by atoms with Crippen LogP contribution in [0, 0.1) is 0 Å². The second-order valence-corrected chi connectivity index (χ2v) is 4.55. The Kier molecular flexibility index (Phi) is 3.22. The molecule has 2 rings (SSSR count). The highest BCUT2D eigenvalue weighted by atomic mass is 35.5. The molecule has 16 heavy (non-hydrogen) atoms. The van der Waals surface area contributed by atoms with Crippen molar-refractivity contribution in [1.82, 2.24) is 4.57 Å². The molecule has 0 amide bonds. The zero-order valence-electron chi connectivity index (χ0n) is 9.76. The fourth-order valence-electron chi connectivity index (χ4n) is 2.23. The highest BCUT2D eigenvalue weighted by Crippen LogP contribution is 2.12. The molecule has 1 aliphatic rings. The molecule has 1 aromatic rings. The summed E-state index contributed by atoms with van der Waals surface area (Å²) in [5.74, 6) is 0. The van der Waals surface area contributed by atoms with Crippen LogP contribution in [0.1, 0.15) is 19.8 Å². The first-order valence-electron chi connectivity index (χ1n) is 5.61. The van der Waals surface area contributed by atoms with Gasteiger partial charge in [-0.15, -0.1) is 0 Å². The van der Waals surface area contributed by atoms with Gasteiger partial charge in [0.1, 0.15) is 0 Å². The molecule has 3 heteroatoms. The van der Waals surface area contributed by atoms with Crippen molar-refractivity contribution in [2.45, 2.75) is 19.8 Å². The van der Waals surface area contributed by atoms with E-state index in [2.05, 4.69) is 23.6 Å². The third kappa shape index (κ3) is 1.83. The number of nitrogens with two attached hydrogens (primary N) is 1. The molecular weight excluding hydrogens is 220 g/mol. The van der Waals surface area contributed by atoms with Crippen molar-refractivity contribution >= 4 is 23.3 Å². The van der Waals surface area contributed by atoms with Crippen molar-refractivity contribution in [2.24, 2.45) is 12.8 Å². The summed E-state index contributed by atoms with van der Waals surface area (Å²) in [4.78, 5) is 0. The highest BCUT2D eigenvalue weighted by Gasteiger charge is 2.08. The van der Waals surface area contributed by atoms with Gasteiger partial charge < -0.3 is 10.3 Å². The molecule has 0 unspecified atom stereocenters. The lowest BCUT2D eigenvalue weighted by molar-refractivity contribution is 0.873. The molecule has 0 saturated heterocycles. The number of hydrogen-bond acceptors (Lipinski definition) is 1. The van der Waals surface area contributed by atoms with Crippen LogP contribution in [-0.4, -0.2) is 11.1 Å². The monoisotopic (exact) mass is 236 g/mol. The van der Waals surface area contributed by atoms with Gasteiger partial charge in [-0.05, 0) is 30.1 Å². The van der Waals surface area contributed by atoms with Gasteiger partial charge in [0, 0.05) is 30.4 Å². The third-order valence-corrected chi connectivity index (χ3v) is 3.41. The Hall–Kier alpha value is -0.990. The van der Waals surface area contributed by atoms with Gasteiger partial charge in [0.25, 0.3) is 0 Å². The molecule has 86 valence electrons. The van der Waals surface area contributed by atoms with Gasteiger partial charge in [-0.2, -0.15) is 0 Å². The first-order valence-corrected chi connectivity index (χ1v) is 5.98. The second-order valence-electron chi connectivity index (χ2n) is 4.14.